The lowest BCUT2D eigenvalue weighted by Crippen LogP contribution is -1.94. The third-order valence-corrected chi connectivity index (χ3v) is 1.42. The fourth-order valence-corrected chi connectivity index (χ4v) is 0.907. The Morgan fingerprint density at radius 2 is 2.17 bits per heavy atom. The van der Waals surface area contributed by atoms with Crippen molar-refractivity contribution in [3.05, 3.63) is 29.6 Å². The lowest BCUT2D eigenvalue weighted by atomic mass is 10.2. The first-order chi connectivity index (χ1) is 5.29. The molecule has 68 valence electrons. The molecular formula is C8H10BrFO2. The van der Waals surface area contributed by atoms with Crippen LogP contribution in [0.5, 0.6) is 5.75 Å². The van der Waals surface area contributed by atoms with Gasteiger partial charge in [0.15, 0.2) is 11.6 Å². The van der Waals surface area contributed by atoms with Crippen molar-refractivity contribution in [2.75, 3.05) is 7.11 Å². The van der Waals surface area contributed by atoms with Crippen LogP contribution in [0.4, 0.5) is 4.39 Å². The molecule has 1 aromatic rings. The standard InChI is InChI=1S/C8H9FO2.BrH/c1-11-8-6(5-10)3-2-4-7(8)9;/h2-4,10H,5H2,1H3;1H. The van der Waals surface area contributed by atoms with Gasteiger partial charge in [0.2, 0.25) is 0 Å². The highest BCUT2D eigenvalue weighted by Gasteiger charge is 2.05. The Morgan fingerprint density at radius 3 is 2.58 bits per heavy atom. The van der Waals surface area contributed by atoms with E-state index >= 15 is 0 Å². The van der Waals surface area contributed by atoms with Crippen molar-refractivity contribution in [2.45, 2.75) is 6.61 Å². The van der Waals surface area contributed by atoms with Gasteiger partial charge in [-0.3, -0.25) is 0 Å². The highest BCUT2D eigenvalue weighted by atomic mass is 79.9. The maximum Gasteiger partial charge on any atom is 0.165 e. The Kier molecular flexibility index (Phi) is 4.85. The van der Waals surface area contributed by atoms with Gasteiger partial charge in [-0.2, -0.15) is 0 Å². The number of ether oxygens (including phenoxy) is 1. The zero-order valence-electron chi connectivity index (χ0n) is 6.58. The van der Waals surface area contributed by atoms with Crippen LogP contribution < -0.4 is 4.74 Å². The summed E-state index contributed by atoms with van der Waals surface area (Å²) in [7, 11) is 1.37. The number of hydrogen-bond acceptors (Lipinski definition) is 2. The predicted molar refractivity (Wildman–Crippen MR) is 49.2 cm³/mol. The van der Waals surface area contributed by atoms with Gasteiger partial charge in [-0.25, -0.2) is 4.39 Å². The molecule has 2 nitrogen and oxygen atoms in total. The number of hydrogen-bond donors (Lipinski definition) is 1. The van der Waals surface area contributed by atoms with Crippen LogP contribution in [-0.4, -0.2) is 12.2 Å². The Labute approximate surface area is 80.7 Å². The molecule has 1 rings (SSSR count). The second kappa shape index (κ2) is 5.11. The van der Waals surface area contributed by atoms with Gasteiger partial charge >= 0.3 is 0 Å². The molecule has 0 saturated heterocycles. The molecule has 0 radical (unpaired) electrons. The molecule has 0 atom stereocenters. The highest BCUT2D eigenvalue weighted by Crippen LogP contribution is 2.21. The summed E-state index contributed by atoms with van der Waals surface area (Å²) >= 11 is 0. The van der Waals surface area contributed by atoms with Crippen molar-refractivity contribution in [1.82, 2.24) is 0 Å². The average molecular weight is 237 g/mol. The molecule has 4 heteroatoms. The zero-order valence-corrected chi connectivity index (χ0v) is 8.29. The molecule has 12 heavy (non-hydrogen) atoms. The summed E-state index contributed by atoms with van der Waals surface area (Å²) in [6.45, 7) is -0.207. The van der Waals surface area contributed by atoms with E-state index in [1.807, 2.05) is 0 Å². The summed E-state index contributed by atoms with van der Waals surface area (Å²) in [5, 5.41) is 8.73. The lowest BCUT2D eigenvalue weighted by Gasteiger charge is -2.05. The van der Waals surface area contributed by atoms with Crippen LogP contribution in [0.2, 0.25) is 0 Å². The first-order valence-corrected chi connectivity index (χ1v) is 3.22. The Hall–Kier alpha value is -0.610. The minimum atomic E-state index is -0.445. The lowest BCUT2D eigenvalue weighted by molar-refractivity contribution is 0.271. The average Bonchev–Trinajstić information content (AvgIpc) is 2.04. The van der Waals surface area contributed by atoms with Gasteiger partial charge in [0.05, 0.1) is 13.7 Å². The maximum atomic E-state index is 12.8. The van der Waals surface area contributed by atoms with Crippen molar-refractivity contribution in [2.24, 2.45) is 0 Å². The van der Waals surface area contributed by atoms with E-state index < -0.39 is 5.82 Å². The van der Waals surface area contributed by atoms with Crippen LogP contribution in [0.1, 0.15) is 5.56 Å². The summed E-state index contributed by atoms with van der Waals surface area (Å²) in [6.07, 6.45) is 0. The van der Waals surface area contributed by atoms with Crippen LogP contribution in [0.25, 0.3) is 0 Å². The molecule has 0 amide bonds. The first kappa shape index (κ1) is 11.4. The van der Waals surface area contributed by atoms with Gasteiger partial charge in [-0.15, -0.1) is 17.0 Å². The quantitative estimate of drug-likeness (QED) is 0.851. The summed E-state index contributed by atoms with van der Waals surface area (Å²) in [5.74, 6) is -0.325. The summed E-state index contributed by atoms with van der Waals surface area (Å²) in [6, 6.07) is 4.43. The van der Waals surface area contributed by atoms with Gasteiger partial charge in [-0.1, -0.05) is 12.1 Å². The third-order valence-electron chi connectivity index (χ3n) is 1.42. The predicted octanol–water partition coefficient (Wildman–Crippen LogP) is 1.90. The smallest absolute Gasteiger partial charge is 0.165 e. The summed E-state index contributed by atoms with van der Waals surface area (Å²) in [4.78, 5) is 0. The summed E-state index contributed by atoms with van der Waals surface area (Å²) in [5.41, 5.74) is 0.465. The normalized spacial score (nSPS) is 8.92. The second-order valence-corrected chi connectivity index (χ2v) is 2.09. The van der Waals surface area contributed by atoms with E-state index in [0.717, 1.165) is 0 Å². The molecule has 0 unspecified atom stereocenters. The number of rotatable bonds is 2. The molecule has 0 saturated carbocycles. The van der Waals surface area contributed by atoms with Gasteiger partial charge in [0, 0.05) is 5.56 Å². The van der Waals surface area contributed by atoms with Gasteiger partial charge < -0.3 is 9.84 Å². The number of aliphatic hydroxyl groups is 1. The minimum absolute atomic E-state index is 0. The number of halogens is 2. The van der Waals surface area contributed by atoms with E-state index in [0.29, 0.717) is 5.56 Å². The molecule has 0 aliphatic heterocycles. The van der Waals surface area contributed by atoms with E-state index in [-0.39, 0.29) is 29.3 Å². The Bertz CT molecular complexity index is 253. The van der Waals surface area contributed by atoms with Crippen molar-refractivity contribution in [3.63, 3.8) is 0 Å². The summed E-state index contributed by atoms with van der Waals surface area (Å²) < 4.78 is 17.5. The SMILES string of the molecule is Br.COc1c(F)cccc1CO. The molecular weight excluding hydrogens is 227 g/mol. The van der Waals surface area contributed by atoms with Crippen LogP contribution in [0, 0.1) is 5.82 Å². The number of methoxy groups -OCH3 is 1. The zero-order chi connectivity index (χ0) is 8.27. The van der Waals surface area contributed by atoms with Crippen molar-refractivity contribution < 1.29 is 14.2 Å². The van der Waals surface area contributed by atoms with Crippen LogP contribution in [-0.2, 0) is 6.61 Å². The fourth-order valence-electron chi connectivity index (χ4n) is 0.907. The van der Waals surface area contributed by atoms with E-state index in [1.165, 1.54) is 19.2 Å². The van der Waals surface area contributed by atoms with E-state index in [1.54, 1.807) is 6.07 Å². The van der Waals surface area contributed by atoms with Crippen LogP contribution in [0.3, 0.4) is 0 Å². The van der Waals surface area contributed by atoms with Crippen molar-refractivity contribution in [3.8, 4) is 5.75 Å². The van der Waals surface area contributed by atoms with E-state index in [4.69, 9.17) is 9.84 Å². The number of aliphatic hydroxyl groups excluding tert-OH is 1. The topological polar surface area (TPSA) is 29.5 Å². The molecule has 0 heterocycles. The minimum Gasteiger partial charge on any atom is -0.493 e. The molecule has 0 aliphatic rings. The maximum absolute atomic E-state index is 12.8. The van der Waals surface area contributed by atoms with Crippen molar-refractivity contribution >= 4 is 17.0 Å². The highest BCUT2D eigenvalue weighted by molar-refractivity contribution is 8.93. The monoisotopic (exact) mass is 236 g/mol. The van der Waals surface area contributed by atoms with Crippen molar-refractivity contribution in [1.29, 1.82) is 0 Å². The third kappa shape index (κ3) is 2.19. The largest absolute Gasteiger partial charge is 0.493 e. The molecule has 1 N–H and O–H groups in total. The second-order valence-electron chi connectivity index (χ2n) is 2.09. The van der Waals surface area contributed by atoms with Crippen LogP contribution >= 0.6 is 17.0 Å². The molecule has 0 spiro atoms. The molecule has 0 fully saturated rings. The Balaban J connectivity index is 0.00000121. The number of para-hydroxylation sites is 1. The number of benzene rings is 1. The van der Waals surface area contributed by atoms with E-state index in [9.17, 15) is 4.39 Å². The molecule has 0 aromatic heterocycles. The van der Waals surface area contributed by atoms with Gasteiger partial charge in [-0.05, 0) is 6.07 Å². The van der Waals surface area contributed by atoms with Gasteiger partial charge in [0.25, 0.3) is 0 Å². The van der Waals surface area contributed by atoms with E-state index in [2.05, 4.69) is 0 Å². The molecule has 0 aliphatic carbocycles. The van der Waals surface area contributed by atoms with Crippen LogP contribution in [0.15, 0.2) is 18.2 Å². The molecule has 1 aromatic carbocycles. The van der Waals surface area contributed by atoms with Gasteiger partial charge in [0.1, 0.15) is 0 Å². The fraction of sp³-hybridized carbons (Fsp3) is 0.250. The molecule has 0 bridgehead atoms. The first-order valence-electron chi connectivity index (χ1n) is 3.22. The Morgan fingerprint density at radius 1 is 1.50 bits per heavy atom.